The Morgan fingerprint density at radius 3 is 3.08 bits per heavy atom. The minimum Gasteiger partial charge on any atom is -0.348 e. The topological polar surface area (TPSA) is 30.9 Å². The lowest BCUT2D eigenvalue weighted by molar-refractivity contribution is 0.712. The van der Waals surface area contributed by atoms with E-state index in [4.69, 9.17) is 5.73 Å². The highest BCUT2D eigenvalue weighted by atomic mass is 15.0. The number of fused-ring (bicyclic) bond motifs is 1. The Labute approximate surface area is 73.4 Å². The van der Waals surface area contributed by atoms with Gasteiger partial charge in [-0.1, -0.05) is 6.92 Å². The lowest BCUT2D eigenvalue weighted by Gasteiger charge is -2.01. The van der Waals surface area contributed by atoms with Crippen molar-refractivity contribution in [1.82, 2.24) is 4.57 Å². The third kappa shape index (κ3) is 0.985. The average Bonchev–Trinajstić information content (AvgIpc) is 2.63. The molecule has 2 rings (SSSR count). The van der Waals surface area contributed by atoms with Gasteiger partial charge in [0.05, 0.1) is 0 Å². The van der Waals surface area contributed by atoms with E-state index in [1.165, 1.54) is 36.3 Å². The molecule has 2 nitrogen and oxygen atoms in total. The van der Waals surface area contributed by atoms with Gasteiger partial charge in [-0.25, -0.2) is 0 Å². The third-order valence-electron chi connectivity index (χ3n) is 2.76. The predicted molar refractivity (Wildman–Crippen MR) is 50.0 cm³/mol. The van der Waals surface area contributed by atoms with E-state index >= 15 is 0 Å². The molecular formula is C10H16N2. The van der Waals surface area contributed by atoms with E-state index in [1.807, 2.05) is 0 Å². The Kier molecular flexibility index (Phi) is 1.93. The van der Waals surface area contributed by atoms with Gasteiger partial charge in [0.2, 0.25) is 0 Å². The maximum absolute atomic E-state index is 5.68. The molecule has 2 heterocycles. The van der Waals surface area contributed by atoms with Crippen LogP contribution in [-0.2, 0) is 25.9 Å². The summed E-state index contributed by atoms with van der Waals surface area (Å²) in [7, 11) is 0. The zero-order valence-corrected chi connectivity index (χ0v) is 7.64. The van der Waals surface area contributed by atoms with Crippen molar-refractivity contribution in [3.63, 3.8) is 0 Å². The summed E-state index contributed by atoms with van der Waals surface area (Å²) < 4.78 is 2.45. The Bertz CT molecular complexity index is 260. The number of aryl methyl sites for hydroxylation is 1. The van der Waals surface area contributed by atoms with E-state index in [0.717, 1.165) is 6.42 Å². The normalized spacial score (nSPS) is 15.2. The molecule has 0 saturated carbocycles. The minimum absolute atomic E-state index is 0.704. The zero-order chi connectivity index (χ0) is 8.55. The molecule has 0 amide bonds. The minimum atomic E-state index is 0.704. The van der Waals surface area contributed by atoms with Crippen LogP contribution in [0.1, 0.15) is 30.3 Å². The van der Waals surface area contributed by atoms with Gasteiger partial charge in [-0.05, 0) is 30.9 Å². The van der Waals surface area contributed by atoms with Crippen molar-refractivity contribution in [3.8, 4) is 0 Å². The fraction of sp³-hybridized carbons (Fsp3) is 0.600. The van der Waals surface area contributed by atoms with Gasteiger partial charge in [0.1, 0.15) is 0 Å². The van der Waals surface area contributed by atoms with Crippen LogP contribution in [0.5, 0.6) is 0 Å². The summed E-state index contributed by atoms with van der Waals surface area (Å²) in [4.78, 5) is 0. The first-order chi connectivity index (χ1) is 5.86. The first-order valence-corrected chi connectivity index (χ1v) is 4.77. The molecular weight excluding hydrogens is 148 g/mol. The molecule has 66 valence electrons. The van der Waals surface area contributed by atoms with Crippen LogP contribution in [-0.4, -0.2) is 4.57 Å². The predicted octanol–water partition coefficient (Wildman–Crippen LogP) is 1.46. The van der Waals surface area contributed by atoms with Gasteiger partial charge < -0.3 is 10.3 Å². The Hall–Kier alpha value is -0.760. The number of hydrogen-bond acceptors (Lipinski definition) is 1. The first kappa shape index (κ1) is 7.87. The highest BCUT2D eigenvalue weighted by Crippen LogP contribution is 2.24. The molecule has 0 spiro atoms. The molecule has 1 aromatic rings. The summed E-state index contributed by atoms with van der Waals surface area (Å²) in [5.41, 5.74) is 10.00. The van der Waals surface area contributed by atoms with E-state index in [0.29, 0.717) is 6.54 Å². The van der Waals surface area contributed by atoms with Gasteiger partial charge in [-0.15, -0.1) is 0 Å². The van der Waals surface area contributed by atoms with Crippen molar-refractivity contribution in [2.45, 2.75) is 39.3 Å². The molecule has 1 aliphatic heterocycles. The van der Waals surface area contributed by atoms with Crippen LogP contribution in [0.25, 0.3) is 0 Å². The molecule has 0 aromatic carbocycles. The second-order valence-electron chi connectivity index (χ2n) is 3.42. The van der Waals surface area contributed by atoms with Crippen LogP contribution in [0, 0.1) is 0 Å². The second kappa shape index (κ2) is 2.94. The van der Waals surface area contributed by atoms with Crippen LogP contribution in [0.2, 0.25) is 0 Å². The molecule has 0 atom stereocenters. The lowest BCUT2D eigenvalue weighted by Crippen LogP contribution is -1.99. The fourth-order valence-electron chi connectivity index (χ4n) is 2.16. The number of hydrogen-bond donors (Lipinski definition) is 1. The molecule has 2 N–H and O–H groups in total. The zero-order valence-electron chi connectivity index (χ0n) is 7.64. The van der Waals surface area contributed by atoms with Crippen molar-refractivity contribution in [2.24, 2.45) is 5.73 Å². The first-order valence-electron chi connectivity index (χ1n) is 4.77. The number of rotatable bonds is 2. The average molecular weight is 164 g/mol. The van der Waals surface area contributed by atoms with Crippen molar-refractivity contribution in [2.75, 3.05) is 0 Å². The molecule has 1 aliphatic rings. The largest absolute Gasteiger partial charge is 0.348 e. The Balaban J connectivity index is 2.47. The van der Waals surface area contributed by atoms with Crippen LogP contribution in [0.15, 0.2) is 6.07 Å². The number of nitrogens with two attached hydrogens (primary N) is 1. The third-order valence-corrected chi connectivity index (χ3v) is 2.76. The monoisotopic (exact) mass is 164 g/mol. The van der Waals surface area contributed by atoms with Gasteiger partial charge in [0.15, 0.2) is 0 Å². The number of nitrogens with zero attached hydrogens (tertiary/aromatic N) is 1. The summed E-state index contributed by atoms with van der Waals surface area (Å²) >= 11 is 0. The van der Waals surface area contributed by atoms with Gasteiger partial charge in [-0.2, -0.15) is 0 Å². The smallest absolute Gasteiger partial charge is 0.0228 e. The Morgan fingerprint density at radius 2 is 2.42 bits per heavy atom. The summed E-state index contributed by atoms with van der Waals surface area (Å²) in [5.74, 6) is 0. The summed E-state index contributed by atoms with van der Waals surface area (Å²) in [5, 5.41) is 0. The maximum atomic E-state index is 5.68. The second-order valence-corrected chi connectivity index (χ2v) is 3.42. The van der Waals surface area contributed by atoms with Crippen molar-refractivity contribution in [3.05, 3.63) is 23.0 Å². The van der Waals surface area contributed by atoms with Gasteiger partial charge in [0, 0.05) is 24.5 Å². The molecule has 0 bridgehead atoms. The maximum Gasteiger partial charge on any atom is 0.0228 e. The van der Waals surface area contributed by atoms with Gasteiger partial charge in [0.25, 0.3) is 0 Å². The van der Waals surface area contributed by atoms with Crippen molar-refractivity contribution in [1.29, 1.82) is 0 Å². The van der Waals surface area contributed by atoms with Gasteiger partial charge >= 0.3 is 0 Å². The van der Waals surface area contributed by atoms with E-state index in [9.17, 15) is 0 Å². The molecule has 0 unspecified atom stereocenters. The molecule has 1 aromatic heterocycles. The van der Waals surface area contributed by atoms with E-state index in [-0.39, 0.29) is 0 Å². The van der Waals surface area contributed by atoms with Crippen molar-refractivity contribution >= 4 is 0 Å². The van der Waals surface area contributed by atoms with Crippen LogP contribution in [0.4, 0.5) is 0 Å². The van der Waals surface area contributed by atoms with E-state index in [2.05, 4.69) is 17.6 Å². The molecule has 0 radical (unpaired) electrons. The summed E-state index contributed by atoms with van der Waals surface area (Å²) in [6.07, 6.45) is 3.66. The van der Waals surface area contributed by atoms with Crippen LogP contribution in [0.3, 0.4) is 0 Å². The Morgan fingerprint density at radius 1 is 1.58 bits per heavy atom. The summed E-state index contributed by atoms with van der Waals surface area (Å²) in [6, 6.07) is 2.27. The van der Waals surface area contributed by atoms with E-state index in [1.54, 1.807) is 0 Å². The lowest BCUT2D eigenvalue weighted by atomic mass is 10.2. The highest BCUT2D eigenvalue weighted by molar-refractivity contribution is 5.30. The quantitative estimate of drug-likeness (QED) is 0.704. The molecule has 0 saturated heterocycles. The number of aromatic nitrogens is 1. The van der Waals surface area contributed by atoms with Crippen LogP contribution >= 0.6 is 0 Å². The molecule has 12 heavy (non-hydrogen) atoms. The summed E-state index contributed by atoms with van der Waals surface area (Å²) in [6.45, 7) is 4.12. The molecule has 0 aliphatic carbocycles. The van der Waals surface area contributed by atoms with Crippen LogP contribution < -0.4 is 5.73 Å². The van der Waals surface area contributed by atoms with E-state index < -0.39 is 0 Å². The molecule has 2 heteroatoms. The standard InChI is InChI=1S/C10H16N2/c1-2-9-6-8(7-11)10-4-3-5-12(9)10/h6H,2-5,7,11H2,1H3. The SMILES string of the molecule is CCc1cc(CN)c2n1CCC2. The fourth-order valence-corrected chi connectivity index (χ4v) is 2.16. The van der Waals surface area contributed by atoms with Crippen molar-refractivity contribution < 1.29 is 0 Å². The molecule has 0 fully saturated rings. The van der Waals surface area contributed by atoms with Gasteiger partial charge in [-0.3, -0.25) is 0 Å². The highest BCUT2D eigenvalue weighted by Gasteiger charge is 2.17.